The number of benzene rings is 2. The molecule has 2 aliphatic heterocycles. The molecule has 4 aromatic rings. The van der Waals surface area contributed by atoms with Crippen LogP contribution >= 0.6 is 0 Å². The average Bonchev–Trinajstić information content (AvgIpc) is 3.77. The molecule has 6 rings (SSSR count). The second-order valence-electron chi connectivity index (χ2n) is 14.4. The van der Waals surface area contributed by atoms with Crippen LogP contribution in [0.5, 0.6) is 0 Å². The number of hydrogen-bond acceptors (Lipinski definition) is 10. The van der Waals surface area contributed by atoms with Crippen LogP contribution in [-0.2, 0) is 19.1 Å². The highest BCUT2D eigenvalue weighted by Crippen LogP contribution is 2.32. The lowest BCUT2D eigenvalue weighted by atomic mass is 9.93. The molecule has 12 heteroatoms. The predicted molar refractivity (Wildman–Crippen MR) is 193 cm³/mol. The van der Waals surface area contributed by atoms with Gasteiger partial charge in [-0.3, -0.25) is 9.59 Å². The van der Waals surface area contributed by atoms with Gasteiger partial charge < -0.3 is 18.3 Å². The highest BCUT2D eigenvalue weighted by Gasteiger charge is 2.36. The van der Waals surface area contributed by atoms with Crippen LogP contribution < -0.4 is 0 Å². The molecule has 2 aromatic heterocycles. The lowest BCUT2D eigenvalue weighted by molar-refractivity contribution is -0.131. The summed E-state index contributed by atoms with van der Waals surface area (Å²) in [7, 11) is 0. The van der Waals surface area contributed by atoms with Crippen LogP contribution in [-0.4, -0.2) is 56.6 Å². The molecule has 4 amide bonds. The second-order valence-corrected chi connectivity index (χ2v) is 14.4. The molecule has 2 atom stereocenters. The standard InChI is InChI=1S/2C20H22N2O4/c2*1-20(2,3)26-19(24)22-18(23)13-15(17-10-7-11-25-17)12-16(21-22)14-8-5-4-6-9-14/h2*4-11,15H,12-13H2,1-3H3/t2*15-/m00/s1. The molecule has 0 radical (unpaired) electrons. The number of hydrazone groups is 2. The Morgan fingerprint density at radius 1 is 0.577 bits per heavy atom. The molecule has 0 saturated carbocycles. The molecule has 2 aromatic carbocycles. The van der Waals surface area contributed by atoms with Gasteiger partial charge in [0.15, 0.2) is 0 Å². The molecular formula is C40H44N4O8. The maximum atomic E-state index is 12.7. The van der Waals surface area contributed by atoms with E-state index in [-0.39, 0.29) is 24.7 Å². The number of furan rings is 2. The summed E-state index contributed by atoms with van der Waals surface area (Å²) < 4.78 is 21.7. The Bertz CT molecular complexity index is 1750. The molecule has 0 unspecified atom stereocenters. The fourth-order valence-corrected chi connectivity index (χ4v) is 5.60. The molecule has 0 fully saturated rings. The minimum Gasteiger partial charge on any atom is -0.469 e. The van der Waals surface area contributed by atoms with Crippen molar-refractivity contribution in [2.75, 3.05) is 0 Å². The summed E-state index contributed by atoms with van der Waals surface area (Å²) >= 11 is 0. The minimum absolute atomic E-state index is 0.118. The molecular weight excluding hydrogens is 664 g/mol. The van der Waals surface area contributed by atoms with E-state index in [1.54, 1.807) is 66.2 Å². The molecule has 0 saturated heterocycles. The number of ether oxygens (including phenoxy) is 2. The van der Waals surface area contributed by atoms with E-state index in [0.29, 0.717) is 35.8 Å². The lowest BCUT2D eigenvalue weighted by Gasteiger charge is -2.23. The van der Waals surface area contributed by atoms with Gasteiger partial charge in [-0.1, -0.05) is 60.7 Å². The first-order chi connectivity index (χ1) is 24.7. The van der Waals surface area contributed by atoms with Crippen LogP contribution in [0.25, 0.3) is 0 Å². The van der Waals surface area contributed by atoms with Gasteiger partial charge in [0, 0.05) is 37.5 Å². The Kier molecular flexibility index (Phi) is 11.6. The zero-order valence-electron chi connectivity index (χ0n) is 30.3. The van der Waals surface area contributed by atoms with Crippen molar-refractivity contribution in [3.63, 3.8) is 0 Å². The average molecular weight is 709 g/mol. The first-order valence-corrected chi connectivity index (χ1v) is 17.1. The van der Waals surface area contributed by atoms with E-state index in [0.717, 1.165) is 21.1 Å². The summed E-state index contributed by atoms with van der Waals surface area (Å²) in [4.78, 5) is 50.4. The first kappa shape index (κ1) is 37.5. The minimum atomic E-state index is -0.768. The van der Waals surface area contributed by atoms with Crippen molar-refractivity contribution in [3.8, 4) is 0 Å². The third-order valence-corrected chi connectivity index (χ3v) is 7.87. The molecule has 0 N–H and O–H groups in total. The zero-order valence-corrected chi connectivity index (χ0v) is 30.3. The van der Waals surface area contributed by atoms with Crippen LogP contribution in [0.15, 0.2) is 116 Å². The Hall–Kier alpha value is -5.78. The summed E-state index contributed by atoms with van der Waals surface area (Å²) in [5.41, 5.74) is 1.56. The van der Waals surface area contributed by atoms with Crippen LogP contribution in [0.3, 0.4) is 0 Å². The topological polar surface area (TPSA) is 144 Å². The summed E-state index contributed by atoms with van der Waals surface area (Å²) in [5, 5.41) is 10.4. The lowest BCUT2D eigenvalue weighted by Crippen LogP contribution is -2.37. The van der Waals surface area contributed by atoms with Gasteiger partial charge in [-0.15, -0.1) is 10.0 Å². The van der Waals surface area contributed by atoms with E-state index in [1.807, 2.05) is 72.8 Å². The maximum absolute atomic E-state index is 12.7. The summed E-state index contributed by atoms with van der Waals surface area (Å²) in [6, 6.07) is 26.2. The Labute approximate surface area is 303 Å². The highest BCUT2D eigenvalue weighted by molar-refractivity contribution is 6.05. The van der Waals surface area contributed by atoms with E-state index in [2.05, 4.69) is 10.2 Å². The maximum Gasteiger partial charge on any atom is 0.438 e. The highest BCUT2D eigenvalue weighted by atomic mass is 16.6. The van der Waals surface area contributed by atoms with Crippen molar-refractivity contribution in [3.05, 3.63) is 120 Å². The van der Waals surface area contributed by atoms with Crippen LogP contribution in [0.1, 0.15) is 102 Å². The van der Waals surface area contributed by atoms with Crippen molar-refractivity contribution >= 4 is 35.4 Å². The number of amides is 4. The van der Waals surface area contributed by atoms with Gasteiger partial charge in [0.2, 0.25) is 0 Å². The number of rotatable bonds is 4. The van der Waals surface area contributed by atoms with Crippen molar-refractivity contribution < 1.29 is 37.5 Å². The van der Waals surface area contributed by atoms with Crippen molar-refractivity contribution in [2.24, 2.45) is 10.2 Å². The van der Waals surface area contributed by atoms with E-state index >= 15 is 0 Å². The van der Waals surface area contributed by atoms with E-state index in [1.165, 1.54) is 0 Å². The molecule has 0 spiro atoms. The van der Waals surface area contributed by atoms with Gasteiger partial charge in [0.25, 0.3) is 11.8 Å². The number of imide groups is 2. The van der Waals surface area contributed by atoms with E-state index in [4.69, 9.17) is 18.3 Å². The molecule has 52 heavy (non-hydrogen) atoms. The smallest absolute Gasteiger partial charge is 0.438 e. The van der Waals surface area contributed by atoms with Crippen molar-refractivity contribution in [1.29, 1.82) is 0 Å². The molecule has 0 bridgehead atoms. The van der Waals surface area contributed by atoms with Crippen molar-refractivity contribution in [1.82, 2.24) is 10.0 Å². The summed E-state index contributed by atoms with van der Waals surface area (Å²) in [6.07, 6.45) is 2.84. The Morgan fingerprint density at radius 3 is 1.25 bits per heavy atom. The normalized spacial score (nSPS) is 18.3. The van der Waals surface area contributed by atoms with Crippen LogP contribution in [0.2, 0.25) is 0 Å². The molecule has 4 heterocycles. The molecule has 12 nitrogen and oxygen atoms in total. The quantitative estimate of drug-likeness (QED) is 0.205. The van der Waals surface area contributed by atoms with Crippen LogP contribution in [0.4, 0.5) is 9.59 Å². The van der Waals surface area contributed by atoms with Gasteiger partial charge >= 0.3 is 12.2 Å². The number of carbonyl (C=O) groups is 4. The molecule has 272 valence electrons. The Morgan fingerprint density at radius 2 is 0.942 bits per heavy atom. The zero-order chi connectivity index (χ0) is 37.5. The third-order valence-electron chi connectivity index (χ3n) is 7.87. The number of hydrogen-bond donors (Lipinski definition) is 0. The molecule has 2 aliphatic rings. The summed E-state index contributed by atoms with van der Waals surface area (Å²) in [6.45, 7) is 10.5. The SMILES string of the molecule is CC(C)(C)OC(=O)N1N=C(c2ccccc2)C[C@H](c2ccco2)CC1=O.CC(C)(C)OC(=O)N1N=C(c2ccccc2)C[C@H](c2ccco2)CC1=O. The Balaban J connectivity index is 0.000000201. The number of carbonyl (C=O) groups excluding carboxylic acids is 4. The van der Waals surface area contributed by atoms with E-state index in [9.17, 15) is 19.2 Å². The third kappa shape index (κ3) is 10.1. The predicted octanol–water partition coefficient (Wildman–Crippen LogP) is 8.65. The fourth-order valence-electron chi connectivity index (χ4n) is 5.60. The first-order valence-electron chi connectivity index (χ1n) is 17.1. The van der Waals surface area contributed by atoms with Gasteiger partial charge in [0.1, 0.15) is 22.7 Å². The molecule has 0 aliphatic carbocycles. The van der Waals surface area contributed by atoms with Gasteiger partial charge in [-0.05, 0) is 76.9 Å². The number of nitrogens with zero attached hydrogens (tertiary/aromatic N) is 4. The summed E-state index contributed by atoms with van der Waals surface area (Å²) in [5.74, 6) is 0.201. The largest absolute Gasteiger partial charge is 0.469 e. The van der Waals surface area contributed by atoms with Gasteiger partial charge in [-0.2, -0.15) is 10.2 Å². The second kappa shape index (κ2) is 16.1. The van der Waals surface area contributed by atoms with Crippen molar-refractivity contribution in [2.45, 2.75) is 90.3 Å². The monoisotopic (exact) mass is 708 g/mol. The fraction of sp³-hybridized carbons (Fsp3) is 0.350. The van der Waals surface area contributed by atoms with Gasteiger partial charge in [-0.25, -0.2) is 9.59 Å². The van der Waals surface area contributed by atoms with E-state index < -0.39 is 35.2 Å². The van der Waals surface area contributed by atoms with Gasteiger partial charge in [0.05, 0.1) is 23.9 Å². The van der Waals surface area contributed by atoms with Crippen LogP contribution in [0, 0.1) is 0 Å².